The van der Waals surface area contributed by atoms with Gasteiger partial charge in [-0.1, -0.05) is 36.7 Å². The van der Waals surface area contributed by atoms with E-state index in [9.17, 15) is 9.59 Å². The quantitative estimate of drug-likeness (QED) is 0.606. The van der Waals surface area contributed by atoms with E-state index in [1.54, 1.807) is 6.07 Å². The third-order valence-electron chi connectivity index (χ3n) is 3.00. The molecule has 0 aliphatic heterocycles. The molecule has 1 rings (SSSR count). The van der Waals surface area contributed by atoms with Crippen LogP contribution in [0.1, 0.15) is 32.8 Å². The van der Waals surface area contributed by atoms with E-state index in [0.29, 0.717) is 5.69 Å². The van der Waals surface area contributed by atoms with Gasteiger partial charge in [0.1, 0.15) is 11.5 Å². The van der Waals surface area contributed by atoms with Gasteiger partial charge in [-0.2, -0.15) is 0 Å². The summed E-state index contributed by atoms with van der Waals surface area (Å²) in [4.78, 5) is 28.3. The van der Waals surface area contributed by atoms with E-state index in [4.69, 9.17) is 4.74 Å². The van der Waals surface area contributed by atoms with Crippen molar-refractivity contribution in [3.63, 3.8) is 0 Å². The lowest BCUT2D eigenvalue weighted by atomic mass is 9.88. The third-order valence-corrected chi connectivity index (χ3v) is 3.49. The standard InChI is InChI=1S/C16H20BrNO3/c1-10-8-11(17)6-7-12(10)18-13(15(20)21-5)9-14(19)16(2,3)4/h6-8H,9H2,1-5H3. The molecule has 0 aliphatic carbocycles. The Labute approximate surface area is 133 Å². The highest BCUT2D eigenvalue weighted by Crippen LogP contribution is 2.24. The van der Waals surface area contributed by atoms with Crippen LogP contribution in [-0.4, -0.2) is 24.6 Å². The van der Waals surface area contributed by atoms with Gasteiger partial charge in [-0.25, -0.2) is 9.79 Å². The van der Waals surface area contributed by atoms with E-state index < -0.39 is 11.4 Å². The highest BCUT2D eigenvalue weighted by Gasteiger charge is 2.26. The fraction of sp³-hybridized carbons (Fsp3) is 0.438. The second-order valence-electron chi connectivity index (χ2n) is 5.83. The summed E-state index contributed by atoms with van der Waals surface area (Å²) < 4.78 is 5.67. The summed E-state index contributed by atoms with van der Waals surface area (Å²) in [5, 5.41) is 0. The molecule has 5 heteroatoms. The Bertz CT molecular complexity index is 586. The van der Waals surface area contributed by atoms with Crippen molar-refractivity contribution in [1.29, 1.82) is 0 Å². The number of aryl methyl sites for hydroxylation is 1. The van der Waals surface area contributed by atoms with Crippen molar-refractivity contribution in [2.75, 3.05) is 7.11 Å². The molecule has 0 unspecified atom stereocenters. The molecule has 0 heterocycles. The third kappa shape index (κ3) is 5.08. The summed E-state index contributed by atoms with van der Waals surface area (Å²) in [6.45, 7) is 7.34. The monoisotopic (exact) mass is 353 g/mol. The van der Waals surface area contributed by atoms with Crippen molar-refractivity contribution in [1.82, 2.24) is 0 Å². The number of carbonyl (C=O) groups excluding carboxylic acids is 2. The van der Waals surface area contributed by atoms with Gasteiger partial charge in [0, 0.05) is 9.89 Å². The van der Waals surface area contributed by atoms with Crippen molar-refractivity contribution in [3.05, 3.63) is 28.2 Å². The van der Waals surface area contributed by atoms with Gasteiger partial charge >= 0.3 is 5.97 Å². The number of aliphatic imine (C=N–C) groups is 1. The predicted octanol–water partition coefficient (Wildman–Crippen LogP) is 4.01. The summed E-state index contributed by atoms with van der Waals surface area (Å²) in [6, 6.07) is 5.54. The van der Waals surface area contributed by atoms with Crippen LogP contribution in [0.25, 0.3) is 0 Å². The first-order valence-electron chi connectivity index (χ1n) is 6.60. The Morgan fingerprint density at radius 1 is 1.29 bits per heavy atom. The minimum Gasteiger partial charge on any atom is -0.465 e. The summed E-state index contributed by atoms with van der Waals surface area (Å²) in [7, 11) is 1.29. The van der Waals surface area contributed by atoms with Crippen LogP contribution in [0, 0.1) is 12.3 Å². The first-order valence-corrected chi connectivity index (χ1v) is 7.39. The van der Waals surface area contributed by atoms with Gasteiger partial charge in [0.15, 0.2) is 0 Å². The number of hydrogen-bond acceptors (Lipinski definition) is 4. The van der Waals surface area contributed by atoms with Crippen LogP contribution in [-0.2, 0) is 14.3 Å². The van der Waals surface area contributed by atoms with Crippen LogP contribution in [0.5, 0.6) is 0 Å². The lowest BCUT2D eigenvalue weighted by Crippen LogP contribution is -2.27. The van der Waals surface area contributed by atoms with Gasteiger partial charge < -0.3 is 4.74 Å². The number of halogens is 1. The Hall–Kier alpha value is -1.49. The van der Waals surface area contributed by atoms with Crippen LogP contribution in [0.3, 0.4) is 0 Å². The zero-order valence-electron chi connectivity index (χ0n) is 13.0. The molecule has 0 bridgehead atoms. The average molecular weight is 354 g/mol. The van der Waals surface area contributed by atoms with E-state index in [1.165, 1.54) is 7.11 Å². The number of methoxy groups -OCH3 is 1. The molecule has 4 nitrogen and oxygen atoms in total. The molecule has 0 amide bonds. The number of benzene rings is 1. The molecule has 0 aromatic heterocycles. The molecule has 0 fully saturated rings. The minimum atomic E-state index is -0.574. The summed E-state index contributed by atoms with van der Waals surface area (Å²) in [5.41, 5.74) is 1.17. The first-order chi connectivity index (χ1) is 9.65. The highest BCUT2D eigenvalue weighted by molar-refractivity contribution is 9.10. The number of ether oxygens (including phenoxy) is 1. The molecule has 0 saturated heterocycles. The smallest absolute Gasteiger partial charge is 0.352 e. The van der Waals surface area contributed by atoms with Crippen molar-refractivity contribution in [3.8, 4) is 0 Å². The number of hydrogen-bond donors (Lipinski definition) is 0. The highest BCUT2D eigenvalue weighted by atomic mass is 79.9. The van der Waals surface area contributed by atoms with Gasteiger partial charge in [-0.3, -0.25) is 4.79 Å². The van der Waals surface area contributed by atoms with Gasteiger partial charge in [0.2, 0.25) is 0 Å². The number of Topliss-reactive ketones (excluding diaryl/α,β-unsaturated/α-hetero) is 1. The van der Waals surface area contributed by atoms with Crippen molar-refractivity contribution in [2.24, 2.45) is 10.4 Å². The van der Waals surface area contributed by atoms with E-state index in [2.05, 4.69) is 20.9 Å². The maximum atomic E-state index is 12.1. The average Bonchev–Trinajstić information content (AvgIpc) is 2.38. The SMILES string of the molecule is COC(=O)C(CC(=O)C(C)(C)C)=Nc1ccc(Br)cc1C. The molecule has 0 aliphatic rings. The van der Waals surface area contributed by atoms with Crippen LogP contribution in [0.2, 0.25) is 0 Å². The Morgan fingerprint density at radius 2 is 1.90 bits per heavy atom. The fourth-order valence-electron chi connectivity index (χ4n) is 1.58. The van der Waals surface area contributed by atoms with E-state index in [1.807, 2.05) is 39.8 Å². The normalized spacial score (nSPS) is 12.2. The van der Waals surface area contributed by atoms with Gasteiger partial charge in [0.25, 0.3) is 0 Å². The van der Waals surface area contributed by atoms with Gasteiger partial charge in [-0.15, -0.1) is 0 Å². The summed E-state index contributed by atoms with van der Waals surface area (Å²) in [6.07, 6.45) is -0.0360. The topological polar surface area (TPSA) is 55.7 Å². The minimum absolute atomic E-state index is 0.0360. The lowest BCUT2D eigenvalue weighted by Gasteiger charge is -2.16. The molecule has 0 N–H and O–H groups in total. The Kier molecular flexibility index (Phi) is 5.84. The van der Waals surface area contributed by atoms with E-state index in [0.717, 1.165) is 10.0 Å². The first kappa shape index (κ1) is 17.6. The largest absolute Gasteiger partial charge is 0.465 e. The number of carbonyl (C=O) groups is 2. The summed E-state index contributed by atoms with van der Waals surface area (Å²) in [5.74, 6) is -0.628. The number of ketones is 1. The molecule has 1 aromatic carbocycles. The van der Waals surface area contributed by atoms with Crippen molar-refractivity contribution >= 4 is 39.1 Å². The summed E-state index contributed by atoms with van der Waals surface area (Å²) >= 11 is 3.38. The van der Waals surface area contributed by atoms with Crippen LogP contribution in [0.4, 0.5) is 5.69 Å². The van der Waals surface area contributed by atoms with E-state index in [-0.39, 0.29) is 17.9 Å². The predicted molar refractivity (Wildman–Crippen MR) is 87.1 cm³/mol. The maximum absolute atomic E-state index is 12.1. The molecule has 0 atom stereocenters. The zero-order chi connectivity index (χ0) is 16.2. The van der Waals surface area contributed by atoms with Crippen LogP contribution in [0.15, 0.2) is 27.7 Å². The molecule has 0 radical (unpaired) electrons. The number of esters is 1. The molecule has 21 heavy (non-hydrogen) atoms. The molecular weight excluding hydrogens is 334 g/mol. The van der Waals surface area contributed by atoms with Gasteiger partial charge in [0.05, 0.1) is 19.2 Å². The fourth-order valence-corrected chi connectivity index (χ4v) is 2.06. The molecular formula is C16H20BrNO3. The Morgan fingerprint density at radius 3 is 2.38 bits per heavy atom. The zero-order valence-corrected chi connectivity index (χ0v) is 14.6. The Balaban J connectivity index is 3.16. The molecule has 114 valence electrons. The molecule has 1 aromatic rings. The molecule has 0 saturated carbocycles. The maximum Gasteiger partial charge on any atom is 0.352 e. The van der Waals surface area contributed by atoms with Crippen LogP contribution >= 0.6 is 15.9 Å². The lowest BCUT2D eigenvalue weighted by molar-refractivity contribution is -0.134. The van der Waals surface area contributed by atoms with E-state index >= 15 is 0 Å². The van der Waals surface area contributed by atoms with Crippen molar-refractivity contribution in [2.45, 2.75) is 34.1 Å². The van der Waals surface area contributed by atoms with Crippen LogP contribution < -0.4 is 0 Å². The number of rotatable bonds is 4. The second-order valence-corrected chi connectivity index (χ2v) is 6.75. The van der Waals surface area contributed by atoms with Crippen molar-refractivity contribution < 1.29 is 14.3 Å². The van der Waals surface area contributed by atoms with Gasteiger partial charge in [-0.05, 0) is 30.7 Å². The molecule has 0 spiro atoms. The number of nitrogens with zero attached hydrogens (tertiary/aromatic N) is 1. The second kappa shape index (κ2) is 6.98.